The molecule has 2 heterocycles. The van der Waals surface area contributed by atoms with Gasteiger partial charge in [-0.25, -0.2) is 10.4 Å². The molecule has 26 nitrogen and oxygen atoms in total. The highest BCUT2D eigenvalue weighted by atomic mass is 32.2. The Morgan fingerprint density at radius 2 is 1.23 bits per heavy atom. The molecule has 27 heteroatoms. The molecule has 4 aromatic carbocycles. The van der Waals surface area contributed by atoms with Crippen molar-refractivity contribution in [2.45, 2.75) is 176 Å². The highest BCUT2D eigenvalue weighted by molar-refractivity contribution is 7.97. The van der Waals surface area contributed by atoms with E-state index in [1.807, 2.05) is 100 Å². The van der Waals surface area contributed by atoms with E-state index in [1.54, 1.807) is 32.2 Å². The van der Waals surface area contributed by atoms with Gasteiger partial charge in [0.2, 0.25) is 59.1 Å². The van der Waals surface area contributed by atoms with E-state index >= 15 is 0 Å². The van der Waals surface area contributed by atoms with Crippen LogP contribution in [0.1, 0.15) is 128 Å². The second-order valence-corrected chi connectivity index (χ2v) is 27.2. The standard InChI is InChI=1S/C71H95N15O11S/c1-9-45(6)54(31-34-61(88)85-84-56(65(73)91)36-43(2)3)81-69(95)58(38-49-40-74-42-78-49)80-62(89)41-77-71(97)64(44(4)5)83-66(92)46(7)79-68(94)57(37-48-39-76-55-25-17-16-24-53(48)55)82-70(96)59(32-33-60(72)87)86(8)63(90)26-18-19-35-75-67(93)47-27-29-52(30-28-47)98(50-20-12-10-13-21-50)51-22-14-11-15-23-51/h10-17,20-25,27-30,39-40,42-46,54,56-59,64,76,84H,9,18-19,26,31-38,41H2,1-8H3,(H12-,72,73,74,75,77,78,79,80,81,82,83,85,87,88,89,91,92,93,94,95,96,97)/p+1/t45-,46-,54+,56-,57-,58-,59-,64-/m0/s1. The van der Waals surface area contributed by atoms with Crippen molar-refractivity contribution in [1.82, 2.24) is 67.9 Å². The van der Waals surface area contributed by atoms with Crippen molar-refractivity contribution in [3.05, 3.63) is 145 Å². The predicted molar refractivity (Wildman–Crippen MR) is 373 cm³/mol. The van der Waals surface area contributed by atoms with Crippen LogP contribution in [0.3, 0.4) is 0 Å². The smallest absolute Gasteiger partial charge is 0.251 e. The van der Waals surface area contributed by atoms with Gasteiger partial charge in [-0.1, -0.05) is 103 Å². The summed E-state index contributed by atoms with van der Waals surface area (Å²) in [6.45, 7) is 12.0. The predicted octanol–water partition coefficient (Wildman–Crippen LogP) is 4.03. The van der Waals surface area contributed by atoms with Crippen LogP contribution in [-0.4, -0.2) is 147 Å². The zero-order chi connectivity index (χ0) is 71.4. The van der Waals surface area contributed by atoms with Crippen molar-refractivity contribution in [3.8, 4) is 0 Å². The first kappa shape index (κ1) is 77.1. The lowest BCUT2D eigenvalue weighted by Crippen LogP contribution is -2.59. The fraction of sp³-hybridized carbons (Fsp3) is 0.437. The second-order valence-electron chi connectivity index (χ2n) is 25.2. The number of nitrogens with one attached hydrogen (secondary N) is 11. The summed E-state index contributed by atoms with van der Waals surface area (Å²) < 4.78 is 0. The highest BCUT2D eigenvalue weighted by Gasteiger charge is 2.35. The topological polar surface area (TPSA) is 396 Å². The van der Waals surface area contributed by atoms with E-state index in [2.05, 4.69) is 87.3 Å². The summed E-state index contributed by atoms with van der Waals surface area (Å²) in [6.07, 6.45) is 6.02. The van der Waals surface area contributed by atoms with Crippen molar-refractivity contribution < 1.29 is 52.7 Å². The van der Waals surface area contributed by atoms with E-state index in [1.165, 1.54) is 31.4 Å². The van der Waals surface area contributed by atoms with Gasteiger partial charge in [-0.2, -0.15) is 0 Å². The molecule has 0 aliphatic heterocycles. The minimum absolute atomic E-state index is 0.0172. The molecule has 0 saturated carbocycles. The van der Waals surface area contributed by atoms with E-state index < -0.39 is 114 Å². The Morgan fingerprint density at radius 1 is 0.602 bits per heavy atom. The maximum atomic E-state index is 14.5. The number of hydrogen-bond donors (Lipinski definition) is 13. The van der Waals surface area contributed by atoms with Gasteiger partial charge in [0.15, 0.2) is 14.7 Å². The number of amides is 11. The van der Waals surface area contributed by atoms with Crippen molar-refractivity contribution in [3.63, 3.8) is 0 Å². The molecule has 0 aliphatic rings. The van der Waals surface area contributed by atoms with Crippen LogP contribution in [-0.2, 0) is 71.7 Å². The number of primary amides is 2. The molecule has 2 aromatic heterocycles. The van der Waals surface area contributed by atoms with Gasteiger partial charge < -0.3 is 63.6 Å². The number of benzene rings is 4. The fourth-order valence-corrected chi connectivity index (χ4v) is 13.0. The molecule has 0 saturated heterocycles. The van der Waals surface area contributed by atoms with Gasteiger partial charge in [0.05, 0.1) is 23.8 Å². The third kappa shape index (κ3) is 24.0. The molecule has 98 heavy (non-hydrogen) atoms. The molecule has 0 bridgehead atoms. The minimum atomic E-state index is -1.36. The number of unbranched alkanes of at least 4 members (excludes halogenated alkanes) is 1. The normalized spacial score (nSPS) is 13.7. The van der Waals surface area contributed by atoms with Crippen molar-refractivity contribution in [2.24, 2.45) is 29.2 Å². The molecule has 11 amide bonds. The van der Waals surface area contributed by atoms with Gasteiger partial charge in [-0.3, -0.25) is 58.2 Å². The number of hydrogen-bond acceptors (Lipinski definition) is 13. The number of H-pyrrole nitrogens is 2. The van der Waals surface area contributed by atoms with Gasteiger partial charge in [-0.15, -0.1) is 0 Å². The number of imidazole rings is 1. The van der Waals surface area contributed by atoms with Crippen LogP contribution in [0.15, 0.2) is 143 Å². The second kappa shape index (κ2) is 38.7. The third-order valence-electron chi connectivity index (χ3n) is 16.8. The molecule has 8 atom stereocenters. The minimum Gasteiger partial charge on any atom is -0.370 e. The van der Waals surface area contributed by atoms with Crippen LogP contribution in [0.5, 0.6) is 0 Å². The maximum absolute atomic E-state index is 14.5. The number of carbonyl (C=O) groups is 11. The van der Waals surface area contributed by atoms with E-state index in [4.69, 9.17) is 11.5 Å². The quantitative estimate of drug-likeness (QED) is 0.0147. The van der Waals surface area contributed by atoms with Crippen LogP contribution >= 0.6 is 0 Å². The Kier molecular flexibility index (Phi) is 30.5. The number of aromatic amines is 2. The lowest BCUT2D eigenvalue weighted by Gasteiger charge is -2.30. The van der Waals surface area contributed by atoms with Gasteiger partial charge in [0.25, 0.3) is 5.91 Å². The molecule has 526 valence electrons. The lowest BCUT2D eigenvalue weighted by atomic mass is 9.94. The number of nitrogens with zero attached hydrogens (tertiary/aromatic N) is 2. The van der Waals surface area contributed by atoms with Gasteiger partial charge in [0, 0.05) is 86.3 Å². The van der Waals surface area contributed by atoms with Crippen LogP contribution in [0, 0.1) is 17.8 Å². The number of hydrazine groups is 1. The summed E-state index contributed by atoms with van der Waals surface area (Å²) in [6, 6.07) is 27.5. The summed E-state index contributed by atoms with van der Waals surface area (Å²) >= 11 is 0. The Hall–Kier alpha value is -9.89. The van der Waals surface area contributed by atoms with Gasteiger partial charge in [0.1, 0.15) is 36.3 Å². The number of carbonyl (C=O) groups excluding carboxylic acids is 11. The first-order chi connectivity index (χ1) is 46.8. The largest absolute Gasteiger partial charge is 0.370 e. The Labute approximate surface area is 575 Å². The van der Waals surface area contributed by atoms with Crippen molar-refractivity contribution >= 4 is 86.8 Å². The summed E-state index contributed by atoms with van der Waals surface area (Å²) in [5.41, 5.74) is 18.7. The lowest BCUT2D eigenvalue weighted by molar-refractivity contribution is -0.141. The summed E-state index contributed by atoms with van der Waals surface area (Å²) in [5, 5.41) is 20.0. The maximum Gasteiger partial charge on any atom is 0.251 e. The molecule has 0 fully saturated rings. The molecule has 6 rings (SSSR count). The summed E-state index contributed by atoms with van der Waals surface area (Å²) in [5.74, 6) is -7.41. The van der Waals surface area contributed by atoms with Crippen molar-refractivity contribution in [2.75, 3.05) is 20.1 Å². The third-order valence-corrected chi connectivity index (χ3v) is 19.0. The highest BCUT2D eigenvalue weighted by Crippen LogP contribution is 2.31. The number of nitrogens with two attached hydrogens (primary N) is 2. The molecule has 0 radical (unpaired) electrons. The molecule has 0 aliphatic carbocycles. The molecule has 0 unspecified atom stereocenters. The molecule has 6 aromatic rings. The number of likely N-dealkylation sites (N-methyl/N-ethyl adjacent to an activating group) is 1. The van der Waals surface area contributed by atoms with Crippen LogP contribution in [0.25, 0.3) is 10.9 Å². The average Bonchev–Trinajstić information content (AvgIpc) is 1.13. The molecule has 0 spiro atoms. The van der Waals surface area contributed by atoms with E-state index in [-0.39, 0.29) is 80.1 Å². The van der Waals surface area contributed by atoms with E-state index in [0.29, 0.717) is 42.5 Å². The zero-order valence-corrected chi connectivity index (χ0v) is 57.9. The molecule has 15 N–H and O–H groups in total. The first-order valence-corrected chi connectivity index (χ1v) is 34.5. The van der Waals surface area contributed by atoms with Crippen LogP contribution in [0.4, 0.5) is 0 Å². The average molecular weight is 1370 g/mol. The van der Waals surface area contributed by atoms with Gasteiger partial charge in [-0.05, 0) is 117 Å². The SMILES string of the molecule is CC[C@H](C)[C@@H](CCC(=O)NN[C@@H](CC(C)C)C(N)=O)NC(=O)[C@H](Cc1cnc[nH]1)NC(=O)CNC(=O)[C@@H](NC(=O)[C@H](C)NC(=O)[C@H](Cc1c[nH]c2ccccc12)NC(=O)[C@H](CCC(N)=O)N(C)C(=O)CCCCNC(=O)c1ccc([S+](c2ccccc2)c2ccccc2)cc1)C(C)C. The summed E-state index contributed by atoms with van der Waals surface area (Å²) in [7, 11) is 1.04. The van der Waals surface area contributed by atoms with E-state index in [9.17, 15) is 52.7 Å². The van der Waals surface area contributed by atoms with Crippen molar-refractivity contribution in [1.29, 1.82) is 0 Å². The zero-order valence-electron chi connectivity index (χ0n) is 57.0. The molecular formula is C71H96N15O11S+. The van der Waals surface area contributed by atoms with Gasteiger partial charge >= 0.3 is 0 Å². The number of rotatable bonds is 40. The summed E-state index contributed by atoms with van der Waals surface area (Å²) in [4.78, 5) is 163. The Morgan fingerprint density at radius 3 is 1.85 bits per heavy atom. The number of aromatic nitrogens is 3. The van der Waals surface area contributed by atoms with Crippen LogP contribution in [0.2, 0.25) is 0 Å². The first-order valence-electron chi connectivity index (χ1n) is 33.2. The fourth-order valence-electron chi connectivity index (χ4n) is 10.9. The Balaban J connectivity index is 1.05. The monoisotopic (exact) mass is 1370 g/mol. The molecular weight excluding hydrogens is 1270 g/mol. The van der Waals surface area contributed by atoms with Crippen LogP contribution < -0.4 is 59.5 Å². The number of para-hydroxylation sites is 1. The number of fused-ring (bicyclic) bond motifs is 1. The van der Waals surface area contributed by atoms with E-state index in [0.717, 1.165) is 25.6 Å². The Bertz CT molecular complexity index is 3590.